The van der Waals surface area contributed by atoms with E-state index in [2.05, 4.69) is 5.32 Å². The average Bonchev–Trinajstić information content (AvgIpc) is 2.28. The van der Waals surface area contributed by atoms with Gasteiger partial charge in [-0.25, -0.2) is 0 Å². The molecule has 90 valence electrons. The van der Waals surface area contributed by atoms with Crippen LogP contribution in [0.5, 0.6) is 5.75 Å². The van der Waals surface area contributed by atoms with Gasteiger partial charge in [-0.2, -0.15) is 5.26 Å². The standard InChI is InChI=1S/C11H12IN3O2/c1-2-15-10(16)6-17-11-8(12)3-7(5-13)4-9(11)14/h3-4H,2,6,14H2,1H3,(H,15,16). The van der Waals surface area contributed by atoms with Crippen LogP contribution in [-0.2, 0) is 4.79 Å². The van der Waals surface area contributed by atoms with Gasteiger partial charge in [0.25, 0.3) is 5.91 Å². The normalized spacial score (nSPS) is 9.47. The fourth-order valence-electron chi connectivity index (χ4n) is 1.22. The van der Waals surface area contributed by atoms with Crippen molar-refractivity contribution in [1.29, 1.82) is 5.26 Å². The second-order valence-corrected chi connectivity index (χ2v) is 4.39. The zero-order chi connectivity index (χ0) is 12.8. The van der Waals surface area contributed by atoms with Crippen LogP contribution in [0.4, 0.5) is 5.69 Å². The molecule has 1 aromatic carbocycles. The van der Waals surface area contributed by atoms with E-state index in [0.29, 0.717) is 27.1 Å². The van der Waals surface area contributed by atoms with Crippen molar-refractivity contribution >= 4 is 34.2 Å². The fraction of sp³-hybridized carbons (Fsp3) is 0.273. The Balaban J connectivity index is 2.79. The number of hydrogen-bond acceptors (Lipinski definition) is 4. The molecule has 0 aliphatic rings. The minimum Gasteiger partial charge on any atom is -0.480 e. The third-order valence-electron chi connectivity index (χ3n) is 1.92. The number of nitrogens with zero attached hydrogens (tertiary/aromatic N) is 1. The van der Waals surface area contributed by atoms with E-state index in [0.717, 1.165) is 0 Å². The molecule has 5 nitrogen and oxygen atoms in total. The number of nitriles is 1. The van der Waals surface area contributed by atoms with Crippen molar-refractivity contribution in [2.75, 3.05) is 18.9 Å². The highest BCUT2D eigenvalue weighted by Crippen LogP contribution is 2.29. The van der Waals surface area contributed by atoms with Crippen molar-refractivity contribution in [2.45, 2.75) is 6.92 Å². The zero-order valence-electron chi connectivity index (χ0n) is 9.29. The zero-order valence-corrected chi connectivity index (χ0v) is 11.4. The highest BCUT2D eigenvalue weighted by molar-refractivity contribution is 14.1. The summed E-state index contributed by atoms with van der Waals surface area (Å²) in [5, 5.41) is 11.4. The molecule has 0 fully saturated rings. The number of benzene rings is 1. The van der Waals surface area contributed by atoms with Gasteiger partial charge in [0.15, 0.2) is 12.4 Å². The molecule has 6 heteroatoms. The molecule has 3 N–H and O–H groups in total. The second-order valence-electron chi connectivity index (χ2n) is 3.23. The molecule has 0 spiro atoms. The summed E-state index contributed by atoms with van der Waals surface area (Å²) in [6.07, 6.45) is 0. The van der Waals surface area contributed by atoms with Gasteiger partial charge in [0.1, 0.15) is 0 Å². The first-order chi connectivity index (χ1) is 8.08. The molecule has 17 heavy (non-hydrogen) atoms. The Labute approximate surface area is 113 Å². The van der Waals surface area contributed by atoms with Crippen molar-refractivity contribution < 1.29 is 9.53 Å². The lowest BCUT2D eigenvalue weighted by Crippen LogP contribution is -2.28. The van der Waals surface area contributed by atoms with Crippen LogP contribution in [0.2, 0.25) is 0 Å². The Bertz CT molecular complexity index is 445. The summed E-state index contributed by atoms with van der Waals surface area (Å²) in [6, 6.07) is 5.18. The quantitative estimate of drug-likeness (QED) is 0.635. The van der Waals surface area contributed by atoms with Gasteiger partial charge in [0.2, 0.25) is 0 Å². The van der Waals surface area contributed by atoms with Gasteiger partial charge in [-0.05, 0) is 41.6 Å². The Hall–Kier alpha value is -1.49. The van der Waals surface area contributed by atoms with Crippen molar-refractivity contribution in [1.82, 2.24) is 5.32 Å². The van der Waals surface area contributed by atoms with Crippen molar-refractivity contribution in [3.63, 3.8) is 0 Å². The van der Waals surface area contributed by atoms with Gasteiger partial charge < -0.3 is 15.8 Å². The van der Waals surface area contributed by atoms with Crippen LogP contribution in [0.3, 0.4) is 0 Å². The van der Waals surface area contributed by atoms with E-state index in [1.54, 1.807) is 6.07 Å². The number of halogens is 1. The third-order valence-corrected chi connectivity index (χ3v) is 2.72. The maximum absolute atomic E-state index is 11.2. The second kappa shape index (κ2) is 6.30. The number of amides is 1. The minimum absolute atomic E-state index is 0.0834. The Morgan fingerprint density at radius 3 is 2.88 bits per heavy atom. The molecular weight excluding hydrogens is 333 g/mol. The molecule has 1 aromatic rings. The van der Waals surface area contributed by atoms with E-state index in [1.807, 2.05) is 35.6 Å². The molecule has 0 aliphatic heterocycles. The number of rotatable bonds is 4. The SMILES string of the molecule is CCNC(=O)COc1c(N)cc(C#N)cc1I. The summed E-state index contributed by atoms with van der Waals surface area (Å²) >= 11 is 2.02. The first kappa shape index (κ1) is 13.6. The number of nitrogens with one attached hydrogen (secondary N) is 1. The van der Waals surface area contributed by atoms with E-state index >= 15 is 0 Å². The third kappa shape index (κ3) is 3.78. The summed E-state index contributed by atoms with van der Waals surface area (Å²) in [5.74, 6) is 0.239. The van der Waals surface area contributed by atoms with Crippen molar-refractivity contribution in [2.24, 2.45) is 0 Å². The van der Waals surface area contributed by atoms with Crippen LogP contribution in [0.25, 0.3) is 0 Å². The number of hydrogen-bond donors (Lipinski definition) is 2. The molecule has 0 aliphatic carbocycles. The molecule has 0 heterocycles. The summed E-state index contributed by atoms with van der Waals surface area (Å²) in [6.45, 7) is 2.31. The van der Waals surface area contributed by atoms with Gasteiger partial charge in [-0.3, -0.25) is 4.79 Å². The summed E-state index contributed by atoms with van der Waals surface area (Å²) in [5.41, 5.74) is 6.57. The smallest absolute Gasteiger partial charge is 0.257 e. The average molecular weight is 345 g/mol. The highest BCUT2D eigenvalue weighted by atomic mass is 127. The number of nitrogens with two attached hydrogens (primary N) is 1. The monoisotopic (exact) mass is 345 g/mol. The van der Waals surface area contributed by atoms with Crippen LogP contribution < -0.4 is 15.8 Å². The van der Waals surface area contributed by atoms with Crippen LogP contribution in [0, 0.1) is 14.9 Å². The lowest BCUT2D eigenvalue weighted by Gasteiger charge is -2.10. The Kier molecular flexibility index (Phi) is 5.03. The van der Waals surface area contributed by atoms with Crippen LogP contribution in [-0.4, -0.2) is 19.1 Å². The Morgan fingerprint density at radius 2 is 2.35 bits per heavy atom. The highest BCUT2D eigenvalue weighted by Gasteiger charge is 2.10. The molecule has 0 saturated carbocycles. The van der Waals surface area contributed by atoms with Crippen LogP contribution >= 0.6 is 22.6 Å². The van der Waals surface area contributed by atoms with Gasteiger partial charge in [0, 0.05) is 6.54 Å². The number of ether oxygens (including phenoxy) is 1. The first-order valence-corrected chi connectivity index (χ1v) is 6.05. The lowest BCUT2D eigenvalue weighted by molar-refractivity contribution is -0.122. The molecule has 0 atom stereocenters. The van der Waals surface area contributed by atoms with Gasteiger partial charge in [0.05, 0.1) is 20.9 Å². The van der Waals surface area contributed by atoms with E-state index in [-0.39, 0.29) is 12.5 Å². The van der Waals surface area contributed by atoms with Gasteiger partial charge >= 0.3 is 0 Å². The van der Waals surface area contributed by atoms with Crippen molar-refractivity contribution in [3.8, 4) is 11.8 Å². The first-order valence-electron chi connectivity index (χ1n) is 4.97. The summed E-state index contributed by atoms with van der Waals surface area (Å²) in [7, 11) is 0. The number of carbonyl (C=O) groups is 1. The number of anilines is 1. The maximum Gasteiger partial charge on any atom is 0.257 e. The van der Waals surface area contributed by atoms with E-state index < -0.39 is 0 Å². The van der Waals surface area contributed by atoms with E-state index in [4.69, 9.17) is 15.7 Å². The molecule has 0 aromatic heterocycles. The number of likely N-dealkylation sites (N-methyl/N-ethyl adjacent to an activating group) is 1. The largest absolute Gasteiger partial charge is 0.480 e. The molecule has 0 bridgehead atoms. The maximum atomic E-state index is 11.2. The fourth-order valence-corrected chi connectivity index (χ4v) is 2.02. The number of carbonyl (C=O) groups excluding carboxylic acids is 1. The molecular formula is C11H12IN3O2. The predicted octanol–water partition coefficient (Wildman–Crippen LogP) is 1.26. The topological polar surface area (TPSA) is 88.1 Å². The summed E-state index contributed by atoms with van der Waals surface area (Å²) < 4.78 is 6.04. The molecule has 0 radical (unpaired) electrons. The predicted molar refractivity (Wildman–Crippen MR) is 72.5 cm³/mol. The van der Waals surface area contributed by atoms with E-state index in [1.165, 1.54) is 6.07 Å². The van der Waals surface area contributed by atoms with Gasteiger partial charge in [-0.15, -0.1) is 0 Å². The van der Waals surface area contributed by atoms with Crippen molar-refractivity contribution in [3.05, 3.63) is 21.3 Å². The molecule has 1 amide bonds. The Morgan fingerprint density at radius 1 is 1.65 bits per heavy atom. The molecule has 0 saturated heterocycles. The van der Waals surface area contributed by atoms with Crippen LogP contribution in [0.1, 0.15) is 12.5 Å². The van der Waals surface area contributed by atoms with Gasteiger partial charge in [-0.1, -0.05) is 0 Å². The van der Waals surface area contributed by atoms with Crippen LogP contribution in [0.15, 0.2) is 12.1 Å². The molecule has 1 rings (SSSR count). The minimum atomic E-state index is -0.202. The summed E-state index contributed by atoms with van der Waals surface area (Å²) in [4.78, 5) is 11.2. The number of nitrogen functional groups attached to an aromatic ring is 1. The van der Waals surface area contributed by atoms with E-state index in [9.17, 15) is 4.79 Å². The lowest BCUT2D eigenvalue weighted by atomic mass is 10.2. The molecule has 0 unspecified atom stereocenters.